The largest absolute Gasteiger partial charge is 0.416 e. The Morgan fingerprint density at radius 1 is 1.07 bits per heavy atom. The normalized spacial score (nSPS) is 12.0. The van der Waals surface area contributed by atoms with E-state index in [1.165, 1.54) is 29.2 Å². The Morgan fingerprint density at radius 3 is 2.10 bits per heavy atom. The highest BCUT2D eigenvalue weighted by Gasteiger charge is 2.30. The maximum Gasteiger partial charge on any atom is 0.416 e. The molecular weight excluding hydrogens is 421 g/mol. The van der Waals surface area contributed by atoms with Crippen molar-refractivity contribution in [2.75, 3.05) is 18.1 Å². The minimum absolute atomic E-state index is 0.149. The van der Waals surface area contributed by atoms with E-state index in [2.05, 4.69) is 5.32 Å². The van der Waals surface area contributed by atoms with Gasteiger partial charge in [0.2, 0.25) is 0 Å². The maximum absolute atomic E-state index is 12.7. The number of urea groups is 1. The molecule has 0 bridgehead atoms. The molecule has 0 unspecified atom stereocenters. The molecule has 6 nitrogen and oxygen atoms in total. The lowest BCUT2D eigenvalue weighted by atomic mass is 10.1. The summed E-state index contributed by atoms with van der Waals surface area (Å²) in [5, 5.41) is 2.60. The van der Waals surface area contributed by atoms with Gasteiger partial charge in [0.15, 0.2) is 0 Å². The third-order valence-corrected chi connectivity index (χ3v) is 4.38. The zero-order valence-electron chi connectivity index (χ0n) is 16.7. The van der Waals surface area contributed by atoms with Gasteiger partial charge in [0.1, 0.15) is 5.75 Å². The summed E-state index contributed by atoms with van der Waals surface area (Å²) in [5.41, 5.74) is 0.189. The van der Waals surface area contributed by atoms with E-state index in [9.17, 15) is 26.4 Å². The maximum atomic E-state index is 12.7. The van der Waals surface area contributed by atoms with E-state index in [4.69, 9.17) is 4.18 Å². The van der Waals surface area contributed by atoms with Crippen molar-refractivity contribution in [2.24, 2.45) is 5.92 Å². The number of carbonyl (C=O) groups is 1. The van der Waals surface area contributed by atoms with Crippen LogP contribution in [0.25, 0.3) is 0 Å². The number of alkyl halides is 3. The van der Waals surface area contributed by atoms with Gasteiger partial charge in [-0.15, -0.1) is 0 Å². The molecule has 2 aromatic rings. The molecule has 30 heavy (non-hydrogen) atoms. The van der Waals surface area contributed by atoms with Crippen LogP contribution in [0, 0.1) is 5.92 Å². The van der Waals surface area contributed by atoms with E-state index in [0.29, 0.717) is 6.54 Å². The topological polar surface area (TPSA) is 75.7 Å². The number of carbonyl (C=O) groups excluding carboxylic acids is 1. The van der Waals surface area contributed by atoms with Gasteiger partial charge in [-0.05, 0) is 47.9 Å². The van der Waals surface area contributed by atoms with Crippen LogP contribution >= 0.6 is 0 Å². The first kappa shape index (κ1) is 23.5. The van der Waals surface area contributed by atoms with Crippen molar-refractivity contribution in [1.82, 2.24) is 4.90 Å². The first-order valence-corrected chi connectivity index (χ1v) is 10.9. The Kier molecular flexibility index (Phi) is 7.35. The zero-order valence-corrected chi connectivity index (χ0v) is 17.5. The second-order valence-electron chi connectivity index (χ2n) is 7.21. The lowest BCUT2D eigenvalue weighted by molar-refractivity contribution is -0.137. The van der Waals surface area contributed by atoms with Crippen molar-refractivity contribution in [3.8, 4) is 5.75 Å². The Bertz CT molecular complexity index is 957. The van der Waals surface area contributed by atoms with E-state index < -0.39 is 27.9 Å². The fourth-order valence-electron chi connectivity index (χ4n) is 2.65. The molecule has 0 aliphatic carbocycles. The van der Waals surface area contributed by atoms with Crippen LogP contribution < -0.4 is 9.50 Å². The number of nitrogens with zero attached hydrogens (tertiary/aromatic N) is 1. The molecule has 0 saturated heterocycles. The Balaban J connectivity index is 2.10. The fourth-order valence-corrected chi connectivity index (χ4v) is 3.11. The number of amides is 2. The molecule has 2 aromatic carbocycles. The van der Waals surface area contributed by atoms with Gasteiger partial charge < -0.3 is 14.4 Å². The highest BCUT2D eigenvalue weighted by molar-refractivity contribution is 7.86. The molecule has 0 radical (unpaired) electrons. The molecule has 0 aliphatic rings. The fraction of sp³-hybridized carbons (Fsp3) is 0.350. The monoisotopic (exact) mass is 444 g/mol. The van der Waals surface area contributed by atoms with Crippen molar-refractivity contribution in [1.29, 1.82) is 0 Å². The molecule has 0 atom stereocenters. The summed E-state index contributed by atoms with van der Waals surface area (Å²) in [6.45, 7) is 4.50. The summed E-state index contributed by atoms with van der Waals surface area (Å²) in [6, 6.07) is 10.00. The smallest absolute Gasteiger partial charge is 0.383 e. The van der Waals surface area contributed by atoms with Crippen LogP contribution in [0.15, 0.2) is 48.5 Å². The number of nitrogens with one attached hydrogen (secondary N) is 1. The average molecular weight is 444 g/mol. The molecule has 0 fully saturated rings. The van der Waals surface area contributed by atoms with Gasteiger partial charge in [-0.3, -0.25) is 0 Å². The number of benzene rings is 2. The predicted octanol–water partition coefficient (Wildman–Crippen LogP) is 4.73. The van der Waals surface area contributed by atoms with Crippen molar-refractivity contribution >= 4 is 21.8 Å². The highest BCUT2D eigenvalue weighted by Crippen LogP contribution is 2.30. The molecule has 1 N–H and O–H groups in total. The van der Waals surface area contributed by atoms with Crippen LogP contribution in [0.3, 0.4) is 0 Å². The molecule has 0 saturated carbocycles. The summed E-state index contributed by atoms with van der Waals surface area (Å²) in [4.78, 5) is 14.2. The molecule has 0 heterocycles. The molecule has 2 rings (SSSR count). The minimum atomic E-state index is -4.45. The molecule has 0 spiro atoms. The van der Waals surface area contributed by atoms with Crippen molar-refractivity contribution in [3.63, 3.8) is 0 Å². The van der Waals surface area contributed by atoms with E-state index >= 15 is 0 Å². The van der Waals surface area contributed by atoms with Gasteiger partial charge in [0, 0.05) is 18.8 Å². The summed E-state index contributed by atoms with van der Waals surface area (Å²) in [7, 11) is -3.63. The highest BCUT2D eigenvalue weighted by atomic mass is 32.2. The Labute approximate surface area is 173 Å². The molecule has 10 heteroatoms. The van der Waals surface area contributed by atoms with Crippen LogP contribution in [0.1, 0.15) is 25.0 Å². The average Bonchev–Trinajstić information content (AvgIpc) is 2.61. The lowest BCUT2D eigenvalue weighted by Crippen LogP contribution is -2.37. The van der Waals surface area contributed by atoms with Crippen LogP contribution in [-0.4, -0.2) is 32.1 Å². The van der Waals surface area contributed by atoms with E-state index in [1.54, 1.807) is 12.1 Å². The summed E-state index contributed by atoms with van der Waals surface area (Å²) >= 11 is 0. The minimum Gasteiger partial charge on any atom is -0.383 e. The van der Waals surface area contributed by atoms with E-state index in [1.807, 2.05) is 13.8 Å². The SMILES string of the molecule is CC(C)CN(Cc1ccc(OS(C)(=O)=O)cc1)C(=O)Nc1ccc(C(F)(F)F)cc1. The zero-order chi connectivity index (χ0) is 22.5. The van der Waals surface area contributed by atoms with Gasteiger partial charge in [-0.1, -0.05) is 26.0 Å². The van der Waals surface area contributed by atoms with Crippen LogP contribution in [0.4, 0.5) is 23.7 Å². The van der Waals surface area contributed by atoms with Crippen LogP contribution in [0.2, 0.25) is 0 Å². The first-order valence-electron chi connectivity index (χ1n) is 9.05. The van der Waals surface area contributed by atoms with Gasteiger partial charge in [0.25, 0.3) is 0 Å². The van der Waals surface area contributed by atoms with Crippen molar-refractivity contribution < 1.29 is 30.6 Å². The Hall–Kier alpha value is -2.75. The molecule has 164 valence electrons. The molecule has 0 aliphatic heterocycles. The summed E-state index contributed by atoms with van der Waals surface area (Å²) in [5.74, 6) is 0.307. The lowest BCUT2D eigenvalue weighted by Gasteiger charge is -2.25. The van der Waals surface area contributed by atoms with E-state index in [0.717, 1.165) is 24.0 Å². The number of hydrogen-bond acceptors (Lipinski definition) is 4. The van der Waals surface area contributed by atoms with Crippen LogP contribution in [0.5, 0.6) is 5.75 Å². The number of rotatable bonds is 7. The second-order valence-corrected chi connectivity index (χ2v) is 8.79. The standard InChI is InChI=1S/C20H23F3N2O4S/c1-14(2)12-25(13-15-4-10-18(11-5-15)29-30(3,27)28)19(26)24-17-8-6-16(7-9-17)20(21,22)23/h4-11,14H,12-13H2,1-3H3,(H,24,26). The predicted molar refractivity (Wildman–Crippen MR) is 108 cm³/mol. The van der Waals surface area contributed by atoms with Crippen molar-refractivity contribution in [3.05, 3.63) is 59.7 Å². The summed E-state index contributed by atoms with van der Waals surface area (Å²) < 4.78 is 65.2. The second kappa shape index (κ2) is 9.38. The number of hydrogen-bond donors (Lipinski definition) is 1. The van der Waals surface area contributed by atoms with Gasteiger partial charge in [-0.25, -0.2) is 4.79 Å². The van der Waals surface area contributed by atoms with Gasteiger partial charge in [0.05, 0.1) is 11.8 Å². The van der Waals surface area contributed by atoms with Crippen LogP contribution in [-0.2, 0) is 22.8 Å². The number of anilines is 1. The number of halogens is 3. The van der Waals surface area contributed by atoms with Gasteiger partial charge in [-0.2, -0.15) is 21.6 Å². The third kappa shape index (κ3) is 7.58. The van der Waals surface area contributed by atoms with Crippen molar-refractivity contribution in [2.45, 2.75) is 26.6 Å². The third-order valence-electron chi connectivity index (χ3n) is 3.88. The quantitative estimate of drug-likeness (QED) is 0.627. The Morgan fingerprint density at radius 2 is 1.63 bits per heavy atom. The summed E-state index contributed by atoms with van der Waals surface area (Å²) in [6.07, 6.45) is -3.50. The van der Waals surface area contributed by atoms with Gasteiger partial charge >= 0.3 is 22.3 Å². The molecule has 2 amide bonds. The van der Waals surface area contributed by atoms with E-state index in [-0.39, 0.29) is 23.9 Å². The molecule has 0 aromatic heterocycles. The molecular formula is C20H23F3N2O4S. The first-order chi connectivity index (χ1) is 13.8.